The highest BCUT2D eigenvalue weighted by Crippen LogP contribution is 2.34. The van der Waals surface area contributed by atoms with E-state index in [0.717, 1.165) is 0 Å². The predicted octanol–water partition coefficient (Wildman–Crippen LogP) is 4.51. The number of rotatable bonds is 4. The smallest absolute Gasteiger partial charge is 0.338 e. The van der Waals surface area contributed by atoms with Gasteiger partial charge in [0.1, 0.15) is 0 Å². The summed E-state index contributed by atoms with van der Waals surface area (Å²) >= 11 is 0. The maximum atomic E-state index is 13.5. The molecule has 1 heterocycles. The number of allylic oxidation sites excluding steroid dienone is 1. The molecule has 152 valence electrons. The minimum Gasteiger partial charge on any atom is -0.338 e. The Balaban J connectivity index is 1.73. The second-order valence-corrected chi connectivity index (χ2v) is 6.90. The van der Waals surface area contributed by atoms with Crippen molar-refractivity contribution in [3.63, 3.8) is 0 Å². The second kappa shape index (κ2) is 8.94. The Hall–Kier alpha value is -3.09. The number of anilines is 1. The van der Waals surface area contributed by atoms with E-state index in [4.69, 9.17) is 0 Å². The molecule has 0 spiro atoms. The zero-order valence-electron chi connectivity index (χ0n) is 15.7. The Bertz CT molecular complexity index is 880. The quantitative estimate of drug-likeness (QED) is 0.765. The lowest BCUT2D eigenvalue weighted by Gasteiger charge is -2.31. The molecule has 1 atom stereocenters. The van der Waals surface area contributed by atoms with Crippen molar-refractivity contribution in [3.05, 3.63) is 72.3 Å². The average molecular weight is 402 g/mol. The molecule has 2 aromatic carbocycles. The number of likely N-dealkylation sites (tertiary alicyclic amines) is 1. The number of para-hydroxylation sites is 1. The molecule has 1 aliphatic heterocycles. The van der Waals surface area contributed by atoms with Crippen LogP contribution in [0.5, 0.6) is 0 Å². The summed E-state index contributed by atoms with van der Waals surface area (Å²) < 4.78 is 40.4. The minimum absolute atomic E-state index is 0.0660. The molecule has 1 aliphatic rings. The Labute approximate surface area is 167 Å². The summed E-state index contributed by atoms with van der Waals surface area (Å²) in [4.78, 5) is 26.4. The van der Waals surface area contributed by atoms with Crippen LogP contribution < -0.4 is 5.32 Å². The van der Waals surface area contributed by atoms with Crippen LogP contribution in [0.2, 0.25) is 0 Å². The SMILES string of the molecule is O=C(Nc1ccccc1)C1CCCN(C(=O)/C=C(/c2ccccc2)C(F)(F)F)C1. The van der Waals surface area contributed by atoms with E-state index in [1.807, 2.05) is 6.07 Å². The minimum atomic E-state index is -4.66. The monoisotopic (exact) mass is 402 g/mol. The zero-order chi connectivity index (χ0) is 20.9. The molecule has 0 aromatic heterocycles. The molecule has 0 bridgehead atoms. The molecule has 0 radical (unpaired) electrons. The van der Waals surface area contributed by atoms with Crippen molar-refractivity contribution in [3.8, 4) is 0 Å². The molecule has 7 heteroatoms. The van der Waals surface area contributed by atoms with E-state index < -0.39 is 23.6 Å². The summed E-state index contributed by atoms with van der Waals surface area (Å²) in [5.74, 6) is -1.44. The number of amides is 2. The molecular weight excluding hydrogens is 381 g/mol. The fourth-order valence-corrected chi connectivity index (χ4v) is 3.32. The van der Waals surface area contributed by atoms with Gasteiger partial charge in [-0.1, -0.05) is 48.5 Å². The normalized spacial score (nSPS) is 17.7. The number of piperidine rings is 1. The van der Waals surface area contributed by atoms with Gasteiger partial charge >= 0.3 is 6.18 Å². The lowest BCUT2D eigenvalue weighted by molar-refractivity contribution is -0.130. The third-order valence-corrected chi connectivity index (χ3v) is 4.80. The topological polar surface area (TPSA) is 49.4 Å². The van der Waals surface area contributed by atoms with Crippen LogP contribution in [0.25, 0.3) is 5.57 Å². The van der Waals surface area contributed by atoms with Gasteiger partial charge in [0, 0.05) is 24.9 Å². The number of benzene rings is 2. The van der Waals surface area contributed by atoms with Gasteiger partial charge in [-0.3, -0.25) is 9.59 Å². The first-order valence-electron chi connectivity index (χ1n) is 9.34. The Morgan fingerprint density at radius 3 is 2.24 bits per heavy atom. The van der Waals surface area contributed by atoms with Gasteiger partial charge in [-0.15, -0.1) is 0 Å². The number of carbonyl (C=O) groups is 2. The van der Waals surface area contributed by atoms with Crippen molar-refractivity contribution in [1.29, 1.82) is 0 Å². The molecule has 2 amide bonds. The third kappa shape index (κ3) is 5.47. The molecule has 4 nitrogen and oxygen atoms in total. The van der Waals surface area contributed by atoms with Crippen molar-refractivity contribution < 1.29 is 22.8 Å². The molecule has 0 saturated carbocycles. The van der Waals surface area contributed by atoms with Crippen LogP contribution in [-0.2, 0) is 9.59 Å². The van der Waals surface area contributed by atoms with Crippen LogP contribution in [0, 0.1) is 5.92 Å². The van der Waals surface area contributed by atoms with Crippen LogP contribution in [0.15, 0.2) is 66.7 Å². The van der Waals surface area contributed by atoms with Crippen LogP contribution in [0.3, 0.4) is 0 Å². The lowest BCUT2D eigenvalue weighted by Crippen LogP contribution is -2.43. The molecular formula is C22H21F3N2O2. The van der Waals surface area contributed by atoms with Crippen molar-refractivity contribution in [2.75, 3.05) is 18.4 Å². The molecule has 2 aromatic rings. The number of carbonyl (C=O) groups excluding carboxylic acids is 2. The third-order valence-electron chi connectivity index (χ3n) is 4.80. The van der Waals surface area contributed by atoms with E-state index >= 15 is 0 Å². The predicted molar refractivity (Wildman–Crippen MR) is 105 cm³/mol. The summed E-state index contributed by atoms with van der Waals surface area (Å²) in [6.07, 6.45) is -2.89. The van der Waals surface area contributed by atoms with E-state index in [1.54, 1.807) is 30.3 Å². The summed E-state index contributed by atoms with van der Waals surface area (Å²) in [7, 11) is 0. The van der Waals surface area contributed by atoms with Crippen molar-refractivity contribution >= 4 is 23.1 Å². The highest BCUT2D eigenvalue weighted by molar-refractivity contribution is 5.97. The number of nitrogens with zero attached hydrogens (tertiary/aromatic N) is 1. The maximum Gasteiger partial charge on any atom is 0.417 e. The molecule has 29 heavy (non-hydrogen) atoms. The van der Waals surface area contributed by atoms with Crippen LogP contribution in [0.1, 0.15) is 18.4 Å². The Morgan fingerprint density at radius 2 is 1.62 bits per heavy atom. The maximum absolute atomic E-state index is 13.5. The van der Waals surface area contributed by atoms with E-state index in [1.165, 1.54) is 29.2 Å². The number of alkyl halides is 3. The first kappa shape index (κ1) is 20.6. The number of hydrogen-bond acceptors (Lipinski definition) is 2. The number of halogens is 3. The zero-order valence-corrected chi connectivity index (χ0v) is 15.7. The van der Waals surface area contributed by atoms with Crippen molar-refractivity contribution in [2.24, 2.45) is 5.92 Å². The summed E-state index contributed by atoms with van der Waals surface area (Å²) in [6, 6.07) is 16.1. The highest BCUT2D eigenvalue weighted by Gasteiger charge is 2.36. The van der Waals surface area contributed by atoms with Gasteiger partial charge in [0.25, 0.3) is 0 Å². The standard InChI is InChI=1S/C22H21F3N2O2/c23-22(24,25)19(16-8-3-1-4-9-16)14-20(28)27-13-7-10-17(15-27)21(29)26-18-11-5-2-6-12-18/h1-6,8-9,11-12,14,17H,7,10,13,15H2,(H,26,29)/b19-14-. The van der Waals surface area contributed by atoms with Gasteiger partial charge in [0.2, 0.25) is 11.8 Å². The van der Waals surface area contributed by atoms with Crippen molar-refractivity contribution in [1.82, 2.24) is 4.90 Å². The Morgan fingerprint density at radius 1 is 1.00 bits per heavy atom. The van der Waals surface area contributed by atoms with E-state index in [2.05, 4.69) is 5.32 Å². The first-order valence-corrected chi connectivity index (χ1v) is 9.34. The molecule has 1 N–H and O–H groups in total. The first-order chi connectivity index (χ1) is 13.8. The molecule has 1 unspecified atom stereocenters. The van der Waals surface area contributed by atoms with E-state index in [-0.39, 0.29) is 18.0 Å². The highest BCUT2D eigenvalue weighted by atomic mass is 19.4. The van der Waals surface area contributed by atoms with Gasteiger partial charge in [-0.2, -0.15) is 13.2 Å². The van der Waals surface area contributed by atoms with Gasteiger partial charge in [0.15, 0.2) is 0 Å². The molecule has 3 rings (SSSR count). The Kier molecular flexibility index (Phi) is 6.36. The number of hydrogen-bond donors (Lipinski definition) is 1. The van der Waals surface area contributed by atoms with E-state index in [0.29, 0.717) is 31.1 Å². The van der Waals surface area contributed by atoms with Crippen LogP contribution in [0.4, 0.5) is 18.9 Å². The van der Waals surface area contributed by atoms with Gasteiger partial charge in [-0.05, 0) is 30.5 Å². The van der Waals surface area contributed by atoms with Gasteiger partial charge in [-0.25, -0.2) is 0 Å². The fourth-order valence-electron chi connectivity index (χ4n) is 3.32. The molecule has 0 aliphatic carbocycles. The molecule has 1 saturated heterocycles. The van der Waals surface area contributed by atoms with Crippen LogP contribution >= 0.6 is 0 Å². The van der Waals surface area contributed by atoms with Gasteiger partial charge in [0.05, 0.1) is 11.5 Å². The van der Waals surface area contributed by atoms with Crippen molar-refractivity contribution in [2.45, 2.75) is 19.0 Å². The number of nitrogens with one attached hydrogen (secondary N) is 1. The molecule has 1 fully saturated rings. The van der Waals surface area contributed by atoms with Crippen LogP contribution in [-0.4, -0.2) is 36.0 Å². The second-order valence-electron chi connectivity index (χ2n) is 6.90. The summed E-state index contributed by atoms with van der Waals surface area (Å²) in [5, 5.41) is 2.79. The fraction of sp³-hybridized carbons (Fsp3) is 0.273. The summed E-state index contributed by atoms with van der Waals surface area (Å²) in [6.45, 7) is 0.415. The lowest BCUT2D eigenvalue weighted by atomic mass is 9.96. The van der Waals surface area contributed by atoms with Gasteiger partial charge < -0.3 is 10.2 Å². The summed E-state index contributed by atoms with van der Waals surface area (Å²) in [5.41, 5.74) is -0.410. The average Bonchev–Trinajstić information content (AvgIpc) is 2.72. The largest absolute Gasteiger partial charge is 0.417 e. The van der Waals surface area contributed by atoms with E-state index in [9.17, 15) is 22.8 Å².